The van der Waals surface area contributed by atoms with Gasteiger partial charge in [0.15, 0.2) is 0 Å². The zero-order chi connectivity index (χ0) is 12.5. The molecule has 1 unspecified atom stereocenters. The van der Waals surface area contributed by atoms with Crippen LogP contribution in [0.15, 0.2) is 61.0 Å². The number of carbonyl (C=O) groups excluding carboxylic acids is 1. The molecule has 4 nitrogen and oxygen atoms in total. The molecule has 2 aliphatic rings. The Morgan fingerprint density at radius 3 is 2.67 bits per heavy atom. The van der Waals surface area contributed by atoms with E-state index >= 15 is 0 Å². The van der Waals surface area contributed by atoms with Crippen molar-refractivity contribution >= 4 is 11.7 Å². The third-order valence-corrected chi connectivity index (χ3v) is 3.06. The van der Waals surface area contributed by atoms with Crippen molar-refractivity contribution < 1.29 is 4.79 Å². The predicted molar refractivity (Wildman–Crippen MR) is 69.7 cm³/mol. The van der Waals surface area contributed by atoms with Crippen molar-refractivity contribution in [3.63, 3.8) is 0 Å². The largest absolute Gasteiger partial charge is 0.351 e. The Morgan fingerprint density at radius 2 is 1.94 bits per heavy atom. The molecule has 0 aromatic heterocycles. The van der Waals surface area contributed by atoms with Crippen LogP contribution in [0, 0.1) is 0 Å². The average Bonchev–Trinajstić information content (AvgIpc) is 2.79. The lowest BCUT2D eigenvalue weighted by atomic mass is 10.1. The Hall–Kier alpha value is -2.49. The molecule has 2 heterocycles. The highest BCUT2D eigenvalue weighted by atomic mass is 16.2. The van der Waals surface area contributed by atoms with E-state index < -0.39 is 6.03 Å². The van der Waals surface area contributed by atoms with Gasteiger partial charge in [-0.1, -0.05) is 36.4 Å². The maximum atomic E-state index is 11.7. The molecule has 2 amide bonds. The van der Waals surface area contributed by atoms with Crippen LogP contribution in [0.4, 0.5) is 4.79 Å². The van der Waals surface area contributed by atoms with Crippen LogP contribution < -0.4 is 5.73 Å². The van der Waals surface area contributed by atoms with Gasteiger partial charge in [0.25, 0.3) is 0 Å². The number of hydrogen-bond acceptors (Lipinski definition) is 2. The second-order valence-electron chi connectivity index (χ2n) is 4.18. The first-order valence-corrected chi connectivity index (χ1v) is 5.76. The number of primary amides is 1. The van der Waals surface area contributed by atoms with Gasteiger partial charge in [-0.3, -0.25) is 4.90 Å². The van der Waals surface area contributed by atoms with Gasteiger partial charge in [0.1, 0.15) is 6.17 Å². The Balaban J connectivity index is 2.05. The maximum absolute atomic E-state index is 11.7. The number of benzene rings is 1. The topological polar surface area (TPSA) is 49.6 Å². The summed E-state index contributed by atoms with van der Waals surface area (Å²) in [4.78, 5) is 15.2. The van der Waals surface area contributed by atoms with Gasteiger partial charge in [0.2, 0.25) is 0 Å². The molecule has 0 fully saturated rings. The molecule has 0 aliphatic carbocycles. The maximum Gasteiger partial charge on any atom is 0.321 e. The van der Waals surface area contributed by atoms with Gasteiger partial charge in [-0.25, -0.2) is 4.79 Å². The monoisotopic (exact) mass is 239 g/mol. The minimum absolute atomic E-state index is 0.150. The number of hydrogen-bond donors (Lipinski definition) is 1. The molecule has 1 atom stereocenters. The Labute approximate surface area is 105 Å². The standard InChI is InChI=1S/C14H13N3O/c15-14(18)17-12(11-6-2-1-3-7-11)10-16-9-5-4-8-13(16)17/h1-10,13H,(H2,15,18). The van der Waals surface area contributed by atoms with Crippen molar-refractivity contribution in [2.24, 2.45) is 5.73 Å². The van der Waals surface area contributed by atoms with E-state index in [2.05, 4.69) is 0 Å². The molecule has 4 heteroatoms. The lowest BCUT2D eigenvalue weighted by Gasteiger charge is -2.28. The Morgan fingerprint density at radius 1 is 1.17 bits per heavy atom. The summed E-state index contributed by atoms with van der Waals surface area (Å²) in [5, 5.41) is 0. The second-order valence-corrected chi connectivity index (χ2v) is 4.18. The van der Waals surface area contributed by atoms with Gasteiger partial charge < -0.3 is 10.6 Å². The summed E-state index contributed by atoms with van der Waals surface area (Å²) in [7, 11) is 0. The number of fused-ring (bicyclic) bond motifs is 1. The lowest BCUT2D eigenvalue weighted by molar-refractivity contribution is 0.205. The van der Waals surface area contributed by atoms with Crippen LogP contribution in [0.2, 0.25) is 0 Å². The van der Waals surface area contributed by atoms with Crippen LogP contribution in [-0.2, 0) is 0 Å². The lowest BCUT2D eigenvalue weighted by Crippen LogP contribution is -2.43. The van der Waals surface area contributed by atoms with E-state index in [1.54, 1.807) is 4.90 Å². The molecule has 0 spiro atoms. The smallest absolute Gasteiger partial charge is 0.321 e. The number of amides is 2. The number of allylic oxidation sites excluding steroid dienone is 2. The zero-order valence-corrected chi connectivity index (χ0v) is 9.73. The van der Waals surface area contributed by atoms with Crippen LogP contribution in [0.5, 0.6) is 0 Å². The van der Waals surface area contributed by atoms with Gasteiger partial charge in [-0.05, 0) is 17.7 Å². The molecule has 3 rings (SSSR count). The molecule has 0 bridgehead atoms. The summed E-state index contributed by atoms with van der Waals surface area (Å²) in [6, 6.07) is 9.32. The number of carbonyl (C=O) groups is 1. The van der Waals surface area contributed by atoms with E-state index in [4.69, 9.17) is 5.73 Å². The minimum atomic E-state index is -0.447. The van der Waals surface area contributed by atoms with Crippen LogP contribution in [0.3, 0.4) is 0 Å². The summed E-state index contributed by atoms with van der Waals surface area (Å²) in [6.07, 6.45) is 9.50. The van der Waals surface area contributed by atoms with Crippen LogP contribution >= 0.6 is 0 Å². The van der Waals surface area contributed by atoms with Gasteiger partial charge in [0.05, 0.1) is 5.70 Å². The first-order valence-electron chi connectivity index (χ1n) is 5.76. The molecule has 0 radical (unpaired) electrons. The Kier molecular flexibility index (Phi) is 2.41. The first-order chi connectivity index (χ1) is 8.77. The van der Waals surface area contributed by atoms with E-state index in [-0.39, 0.29) is 6.17 Å². The minimum Gasteiger partial charge on any atom is -0.351 e. The van der Waals surface area contributed by atoms with E-state index in [9.17, 15) is 4.79 Å². The summed E-state index contributed by atoms with van der Waals surface area (Å²) in [6.45, 7) is 0. The van der Waals surface area contributed by atoms with Crippen molar-refractivity contribution in [1.29, 1.82) is 0 Å². The van der Waals surface area contributed by atoms with E-state index in [1.807, 2.05) is 65.9 Å². The quantitative estimate of drug-likeness (QED) is 0.815. The zero-order valence-electron chi connectivity index (χ0n) is 9.73. The van der Waals surface area contributed by atoms with E-state index in [0.29, 0.717) is 0 Å². The average molecular weight is 239 g/mol. The predicted octanol–water partition coefficient (Wildman–Crippen LogP) is 2.09. The summed E-state index contributed by atoms with van der Waals surface area (Å²) >= 11 is 0. The summed E-state index contributed by atoms with van der Waals surface area (Å²) < 4.78 is 0. The van der Waals surface area contributed by atoms with Crippen molar-refractivity contribution in [2.45, 2.75) is 6.17 Å². The van der Waals surface area contributed by atoms with Crippen molar-refractivity contribution in [2.75, 3.05) is 0 Å². The van der Waals surface area contributed by atoms with E-state index in [1.165, 1.54) is 0 Å². The second kappa shape index (κ2) is 4.07. The van der Waals surface area contributed by atoms with Crippen LogP contribution in [-0.4, -0.2) is 22.0 Å². The number of rotatable bonds is 1. The highest BCUT2D eigenvalue weighted by molar-refractivity contribution is 5.86. The molecule has 18 heavy (non-hydrogen) atoms. The van der Waals surface area contributed by atoms with Crippen LogP contribution in [0.1, 0.15) is 5.56 Å². The fourth-order valence-corrected chi connectivity index (χ4v) is 2.26. The summed E-state index contributed by atoms with van der Waals surface area (Å²) in [5.41, 5.74) is 7.30. The summed E-state index contributed by atoms with van der Waals surface area (Å²) in [5.74, 6) is 0. The van der Waals surface area contributed by atoms with Crippen molar-refractivity contribution in [3.8, 4) is 0 Å². The van der Waals surface area contributed by atoms with Gasteiger partial charge in [-0.15, -0.1) is 0 Å². The van der Waals surface area contributed by atoms with E-state index in [0.717, 1.165) is 11.3 Å². The fourth-order valence-electron chi connectivity index (χ4n) is 2.26. The molecule has 90 valence electrons. The molecule has 1 aromatic rings. The van der Waals surface area contributed by atoms with Crippen molar-refractivity contribution in [3.05, 3.63) is 66.5 Å². The fraction of sp³-hybridized carbons (Fsp3) is 0.0714. The SMILES string of the molecule is NC(=O)N1C(c2ccccc2)=CN2C=CC=CC21. The molecule has 0 saturated heterocycles. The molecule has 1 aromatic carbocycles. The molecular weight excluding hydrogens is 226 g/mol. The molecule has 2 N–H and O–H groups in total. The third-order valence-electron chi connectivity index (χ3n) is 3.06. The third kappa shape index (κ3) is 1.59. The Bertz CT molecular complexity index is 560. The van der Waals surface area contributed by atoms with Crippen molar-refractivity contribution in [1.82, 2.24) is 9.80 Å². The van der Waals surface area contributed by atoms with Crippen LogP contribution in [0.25, 0.3) is 5.70 Å². The molecular formula is C14H13N3O. The molecule has 2 aliphatic heterocycles. The number of nitrogens with two attached hydrogens (primary N) is 1. The first kappa shape index (κ1) is 10.7. The number of urea groups is 1. The van der Waals surface area contributed by atoms with Gasteiger partial charge in [-0.2, -0.15) is 0 Å². The highest BCUT2D eigenvalue weighted by Crippen LogP contribution is 2.32. The van der Waals surface area contributed by atoms with Gasteiger partial charge in [0, 0.05) is 12.4 Å². The van der Waals surface area contributed by atoms with Gasteiger partial charge >= 0.3 is 6.03 Å². The number of nitrogens with zero attached hydrogens (tertiary/aromatic N) is 2. The highest BCUT2D eigenvalue weighted by Gasteiger charge is 2.34. The molecule has 0 saturated carbocycles. The normalized spacial score (nSPS) is 20.9.